The fraction of sp³-hybridized carbons (Fsp3) is 1.00. The van der Waals surface area contributed by atoms with Crippen LogP contribution in [0.5, 0.6) is 0 Å². The normalized spacial score (nSPS) is 32.5. The Bertz CT molecular complexity index is 154. The molecule has 1 aliphatic heterocycles. The van der Waals surface area contributed by atoms with Crippen molar-refractivity contribution in [3.63, 3.8) is 0 Å². The molecule has 0 aromatic carbocycles. The Balaban J connectivity index is 1.90. The maximum Gasteiger partial charge on any atom is 0.0196 e. The van der Waals surface area contributed by atoms with E-state index in [0.29, 0.717) is 0 Å². The minimum absolute atomic E-state index is 0.850. The van der Waals surface area contributed by atoms with E-state index >= 15 is 0 Å². The van der Waals surface area contributed by atoms with Crippen molar-refractivity contribution in [3.8, 4) is 0 Å². The third kappa shape index (κ3) is 2.27. The Labute approximate surface area is 90.0 Å². The van der Waals surface area contributed by atoms with Gasteiger partial charge in [0.2, 0.25) is 0 Å². The molecule has 1 saturated heterocycles. The molecule has 0 bridgehead atoms. The van der Waals surface area contributed by atoms with Crippen molar-refractivity contribution in [2.45, 2.75) is 57.0 Å². The van der Waals surface area contributed by atoms with Crippen LogP contribution in [0.2, 0.25) is 0 Å². The van der Waals surface area contributed by atoms with Crippen LogP contribution in [-0.4, -0.2) is 28.9 Å². The Kier molecular flexibility index (Phi) is 3.67. The molecule has 1 unspecified atom stereocenters. The summed E-state index contributed by atoms with van der Waals surface area (Å²) in [7, 11) is 0. The van der Waals surface area contributed by atoms with Gasteiger partial charge in [-0.2, -0.15) is 0 Å². The lowest BCUT2D eigenvalue weighted by molar-refractivity contribution is 0.153. The number of nitrogens with zero attached hydrogens (tertiary/aromatic N) is 1. The third-order valence-corrected chi connectivity index (χ3v) is 4.39. The largest absolute Gasteiger partial charge is 0.297 e. The highest BCUT2D eigenvalue weighted by Gasteiger charge is 2.30. The molecule has 13 heavy (non-hydrogen) atoms. The lowest BCUT2D eigenvalue weighted by Gasteiger charge is -2.34. The van der Waals surface area contributed by atoms with Gasteiger partial charge in [0.05, 0.1) is 0 Å². The standard InChI is InChI=1S/C11H20BrN/c12-9-11-7-4-8-13(11)10-5-2-1-3-6-10/h10-11H,1-9H2. The van der Waals surface area contributed by atoms with Gasteiger partial charge < -0.3 is 0 Å². The van der Waals surface area contributed by atoms with Crippen molar-refractivity contribution >= 4 is 15.9 Å². The Morgan fingerprint density at radius 2 is 1.77 bits per heavy atom. The van der Waals surface area contributed by atoms with Gasteiger partial charge in [-0.05, 0) is 32.2 Å². The predicted octanol–water partition coefficient (Wildman–Crippen LogP) is 3.18. The summed E-state index contributed by atoms with van der Waals surface area (Å²) < 4.78 is 0. The van der Waals surface area contributed by atoms with Crippen molar-refractivity contribution in [3.05, 3.63) is 0 Å². The number of hydrogen-bond donors (Lipinski definition) is 0. The van der Waals surface area contributed by atoms with Crippen molar-refractivity contribution in [2.75, 3.05) is 11.9 Å². The Morgan fingerprint density at radius 1 is 1.00 bits per heavy atom. The molecule has 0 amide bonds. The van der Waals surface area contributed by atoms with Gasteiger partial charge in [0, 0.05) is 17.4 Å². The van der Waals surface area contributed by atoms with Gasteiger partial charge in [-0.1, -0.05) is 35.2 Å². The molecule has 2 heteroatoms. The molecule has 0 N–H and O–H groups in total. The number of likely N-dealkylation sites (tertiary alicyclic amines) is 1. The second-order valence-corrected chi connectivity index (χ2v) is 5.13. The van der Waals surface area contributed by atoms with Gasteiger partial charge in [0.1, 0.15) is 0 Å². The minimum atomic E-state index is 0.850. The van der Waals surface area contributed by atoms with Gasteiger partial charge in [-0.15, -0.1) is 0 Å². The van der Waals surface area contributed by atoms with Crippen LogP contribution in [0, 0.1) is 0 Å². The first-order chi connectivity index (χ1) is 6.42. The van der Waals surface area contributed by atoms with Crippen LogP contribution in [0.25, 0.3) is 0 Å². The first kappa shape index (κ1) is 9.97. The van der Waals surface area contributed by atoms with Crippen molar-refractivity contribution < 1.29 is 0 Å². The molecular weight excluding hydrogens is 226 g/mol. The van der Waals surface area contributed by atoms with Crippen LogP contribution < -0.4 is 0 Å². The average molecular weight is 246 g/mol. The van der Waals surface area contributed by atoms with E-state index in [-0.39, 0.29) is 0 Å². The molecule has 2 fully saturated rings. The number of hydrogen-bond acceptors (Lipinski definition) is 1. The summed E-state index contributed by atoms with van der Waals surface area (Å²) in [5.74, 6) is 0. The highest BCUT2D eigenvalue weighted by Crippen LogP contribution is 2.29. The van der Waals surface area contributed by atoms with Gasteiger partial charge in [0.25, 0.3) is 0 Å². The summed E-state index contributed by atoms with van der Waals surface area (Å²) in [6, 6.07) is 1.78. The minimum Gasteiger partial charge on any atom is -0.297 e. The monoisotopic (exact) mass is 245 g/mol. The number of alkyl halides is 1. The lowest BCUT2D eigenvalue weighted by Crippen LogP contribution is -2.40. The molecule has 0 aromatic heterocycles. The molecule has 2 rings (SSSR count). The summed E-state index contributed by atoms with van der Waals surface area (Å²) in [6.07, 6.45) is 10.2. The molecule has 1 atom stereocenters. The van der Waals surface area contributed by atoms with Crippen LogP contribution in [0.4, 0.5) is 0 Å². The predicted molar refractivity (Wildman–Crippen MR) is 60.4 cm³/mol. The molecule has 2 aliphatic rings. The van der Waals surface area contributed by atoms with Crippen molar-refractivity contribution in [1.29, 1.82) is 0 Å². The van der Waals surface area contributed by atoms with E-state index < -0.39 is 0 Å². The molecule has 0 aromatic rings. The highest BCUT2D eigenvalue weighted by molar-refractivity contribution is 9.09. The Morgan fingerprint density at radius 3 is 2.46 bits per heavy atom. The van der Waals surface area contributed by atoms with Gasteiger partial charge in [-0.25, -0.2) is 0 Å². The summed E-state index contributed by atoms with van der Waals surface area (Å²) in [5.41, 5.74) is 0. The molecule has 1 heterocycles. The van der Waals surface area contributed by atoms with Crippen LogP contribution in [0.3, 0.4) is 0 Å². The summed E-state index contributed by atoms with van der Waals surface area (Å²) >= 11 is 3.64. The zero-order valence-corrected chi connectivity index (χ0v) is 9.93. The van der Waals surface area contributed by atoms with Crippen LogP contribution in [-0.2, 0) is 0 Å². The molecule has 1 aliphatic carbocycles. The first-order valence-electron chi connectivity index (χ1n) is 5.73. The SMILES string of the molecule is BrCC1CCCN1C1CCCCC1. The number of halogens is 1. The van der Waals surface area contributed by atoms with Crippen molar-refractivity contribution in [1.82, 2.24) is 4.90 Å². The van der Waals surface area contributed by atoms with Crippen LogP contribution in [0.1, 0.15) is 44.9 Å². The van der Waals surface area contributed by atoms with E-state index in [1.807, 2.05) is 0 Å². The van der Waals surface area contributed by atoms with E-state index in [4.69, 9.17) is 0 Å². The second kappa shape index (κ2) is 4.79. The van der Waals surface area contributed by atoms with Gasteiger partial charge in [0.15, 0.2) is 0 Å². The fourth-order valence-corrected chi connectivity index (χ4v) is 3.61. The summed E-state index contributed by atoms with van der Waals surface area (Å²) in [4.78, 5) is 2.77. The second-order valence-electron chi connectivity index (χ2n) is 4.48. The molecule has 0 spiro atoms. The maximum absolute atomic E-state index is 3.64. The zero-order valence-electron chi connectivity index (χ0n) is 8.34. The highest BCUT2D eigenvalue weighted by atomic mass is 79.9. The third-order valence-electron chi connectivity index (χ3n) is 3.64. The van der Waals surface area contributed by atoms with Crippen molar-refractivity contribution in [2.24, 2.45) is 0 Å². The molecular formula is C11H20BrN. The smallest absolute Gasteiger partial charge is 0.0196 e. The van der Waals surface area contributed by atoms with Crippen LogP contribution >= 0.6 is 15.9 Å². The molecule has 1 nitrogen and oxygen atoms in total. The fourth-order valence-electron chi connectivity index (χ4n) is 2.92. The van der Waals surface area contributed by atoms with Crippen LogP contribution in [0.15, 0.2) is 0 Å². The average Bonchev–Trinajstić information content (AvgIpc) is 2.67. The summed E-state index contributed by atoms with van der Waals surface area (Å²) in [5, 5.41) is 1.18. The quantitative estimate of drug-likeness (QED) is 0.676. The lowest BCUT2D eigenvalue weighted by atomic mass is 9.94. The molecule has 1 saturated carbocycles. The Hall–Kier alpha value is 0.440. The van der Waals surface area contributed by atoms with E-state index in [9.17, 15) is 0 Å². The maximum atomic E-state index is 3.64. The van der Waals surface area contributed by atoms with Gasteiger partial charge in [-0.3, -0.25) is 4.90 Å². The van der Waals surface area contributed by atoms with E-state index in [0.717, 1.165) is 12.1 Å². The van der Waals surface area contributed by atoms with E-state index in [1.54, 1.807) is 0 Å². The van der Waals surface area contributed by atoms with E-state index in [2.05, 4.69) is 20.8 Å². The van der Waals surface area contributed by atoms with Gasteiger partial charge >= 0.3 is 0 Å². The molecule has 0 radical (unpaired) electrons. The molecule has 76 valence electrons. The summed E-state index contributed by atoms with van der Waals surface area (Å²) in [6.45, 7) is 1.36. The zero-order chi connectivity index (χ0) is 9.10. The topological polar surface area (TPSA) is 3.24 Å². The first-order valence-corrected chi connectivity index (χ1v) is 6.85. The van der Waals surface area contributed by atoms with E-state index in [1.165, 1.54) is 56.8 Å². The number of rotatable bonds is 2.